The van der Waals surface area contributed by atoms with Crippen LogP contribution in [-0.2, 0) is 9.53 Å². The monoisotopic (exact) mass is 227 g/mol. The number of rotatable bonds is 5. The van der Waals surface area contributed by atoms with Crippen molar-refractivity contribution in [2.45, 2.75) is 38.2 Å². The minimum Gasteiger partial charge on any atom is -0.480 e. The number of carboxylic acid groups (broad SMARTS) is 1. The Morgan fingerprint density at radius 3 is 2.62 bits per heavy atom. The number of carboxylic acids is 1. The molecule has 0 aromatic heterocycles. The number of nitrogens with zero attached hydrogens (tertiary/aromatic N) is 1. The van der Waals surface area contributed by atoms with Gasteiger partial charge in [-0.15, -0.1) is 0 Å². The van der Waals surface area contributed by atoms with E-state index in [1.165, 1.54) is 32.2 Å². The van der Waals surface area contributed by atoms with Crippen LogP contribution in [0.2, 0.25) is 0 Å². The molecule has 0 spiro atoms. The smallest absolute Gasteiger partial charge is 0.329 e. The molecule has 0 radical (unpaired) electrons. The average Bonchev–Trinajstić information content (AvgIpc) is 2.65. The molecule has 4 heteroatoms. The summed E-state index contributed by atoms with van der Waals surface area (Å²) in [6.07, 6.45) is 5.49. The zero-order valence-corrected chi connectivity index (χ0v) is 9.95. The number of ether oxygens (including phenoxy) is 1. The second kappa shape index (κ2) is 4.72. The predicted octanol–water partition coefficient (Wildman–Crippen LogP) is 1.35. The molecule has 0 amide bonds. The van der Waals surface area contributed by atoms with Gasteiger partial charge in [0.2, 0.25) is 0 Å². The molecule has 2 aliphatic rings. The van der Waals surface area contributed by atoms with Gasteiger partial charge >= 0.3 is 5.97 Å². The summed E-state index contributed by atoms with van der Waals surface area (Å²) in [5.41, 5.74) is -0.225. The van der Waals surface area contributed by atoms with Gasteiger partial charge in [0.15, 0.2) is 0 Å². The summed E-state index contributed by atoms with van der Waals surface area (Å²) < 4.78 is 5.38. The van der Waals surface area contributed by atoms with Crippen molar-refractivity contribution in [2.24, 2.45) is 5.92 Å². The van der Waals surface area contributed by atoms with Crippen molar-refractivity contribution in [3.05, 3.63) is 0 Å². The molecule has 1 aliphatic heterocycles. The zero-order valence-electron chi connectivity index (χ0n) is 9.95. The molecule has 1 saturated heterocycles. The first kappa shape index (κ1) is 11.9. The predicted molar refractivity (Wildman–Crippen MR) is 60.4 cm³/mol. The first-order valence-corrected chi connectivity index (χ1v) is 6.15. The number of likely N-dealkylation sites (tertiary alicyclic amines) is 1. The van der Waals surface area contributed by atoms with Gasteiger partial charge in [-0.1, -0.05) is 12.8 Å². The molecule has 1 aliphatic carbocycles. The van der Waals surface area contributed by atoms with E-state index in [1.807, 2.05) is 6.92 Å². The highest BCUT2D eigenvalue weighted by molar-refractivity contribution is 5.68. The van der Waals surface area contributed by atoms with E-state index in [0.717, 1.165) is 19.0 Å². The van der Waals surface area contributed by atoms with Gasteiger partial charge in [0.1, 0.15) is 6.61 Å². The molecule has 0 atom stereocenters. The summed E-state index contributed by atoms with van der Waals surface area (Å²) in [7, 11) is 0. The second-order valence-electron chi connectivity index (χ2n) is 5.45. The van der Waals surface area contributed by atoms with Crippen LogP contribution < -0.4 is 0 Å². The van der Waals surface area contributed by atoms with Gasteiger partial charge in [0.05, 0.1) is 5.60 Å². The van der Waals surface area contributed by atoms with Gasteiger partial charge in [-0.2, -0.15) is 0 Å². The van der Waals surface area contributed by atoms with E-state index in [9.17, 15) is 4.79 Å². The van der Waals surface area contributed by atoms with Crippen LogP contribution in [0.15, 0.2) is 0 Å². The fourth-order valence-electron chi connectivity index (χ4n) is 2.91. The maximum atomic E-state index is 10.4. The van der Waals surface area contributed by atoms with Gasteiger partial charge in [-0.3, -0.25) is 4.90 Å². The zero-order chi connectivity index (χ0) is 11.6. The molecule has 0 aromatic rings. The molecule has 1 heterocycles. The first-order valence-electron chi connectivity index (χ1n) is 6.15. The summed E-state index contributed by atoms with van der Waals surface area (Å²) >= 11 is 0. The van der Waals surface area contributed by atoms with Crippen LogP contribution in [0, 0.1) is 5.92 Å². The molecule has 0 unspecified atom stereocenters. The molecule has 1 N–H and O–H groups in total. The van der Waals surface area contributed by atoms with E-state index < -0.39 is 5.97 Å². The van der Waals surface area contributed by atoms with Crippen molar-refractivity contribution in [1.29, 1.82) is 0 Å². The lowest BCUT2D eigenvalue weighted by Gasteiger charge is -2.48. The summed E-state index contributed by atoms with van der Waals surface area (Å²) in [6.45, 7) is 4.77. The number of carbonyl (C=O) groups is 1. The molecule has 0 aromatic carbocycles. The van der Waals surface area contributed by atoms with Crippen molar-refractivity contribution in [2.75, 3.05) is 26.2 Å². The second-order valence-corrected chi connectivity index (χ2v) is 5.45. The quantitative estimate of drug-likeness (QED) is 0.770. The number of aliphatic carboxylic acids is 1. The largest absolute Gasteiger partial charge is 0.480 e. The summed E-state index contributed by atoms with van der Waals surface area (Å²) in [5.74, 6) is -0.0144. The molecule has 0 bridgehead atoms. The van der Waals surface area contributed by atoms with E-state index in [1.54, 1.807) is 0 Å². The Balaban J connectivity index is 1.65. The van der Waals surface area contributed by atoms with E-state index in [2.05, 4.69) is 4.90 Å². The van der Waals surface area contributed by atoms with Crippen molar-refractivity contribution >= 4 is 5.97 Å². The molecular formula is C12H21NO3. The summed E-state index contributed by atoms with van der Waals surface area (Å²) in [5, 5.41) is 8.55. The Labute approximate surface area is 96.6 Å². The van der Waals surface area contributed by atoms with Gasteiger partial charge in [0.25, 0.3) is 0 Å². The van der Waals surface area contributed by atoms with Gasteiger partial charge in [0, 0.05) is 19.6 Å². The summed E-state index contributed by atoms with van der Waals surface area (Å²) in [6, 6.07) is 0. The Hall–Kier alpha value is -0.610. The van der Waals surface area contributed by atoms with Crippen molar-refractivity contribution in [3.63, 3.8) is 0 Å². The molecule has 16 heavy (non-hydrogen) atoms. The Morgan fingerprint density at radius 2 is 2.06 bits per heavy atom. The fraction of sp³-hybridized carbons (Fsp3) is 0.917. The van der Waals surface area contributed by atoms with Gasteiger partial charge in [-0.05, 0) is 25.7 Å². The lowest BCUT2D eigenvalue weighted by molar-refractivity contribution is -0.165. The highest BCUT2D eigenvalue weighted by Crippen LogP contribution is 2.30. The van der Waals surface area contributed by atoms with Crippen molar-refractivity contribution < 1.29 is 14.6 Å². The third kappa shape index (κ3) is 2.95. The number of hydrogen-bond donors (Lipinski definition) is 1. The first-order chi connectivity index (χ1) is 7.57. The minimum absolute atomic E-state index is 0.173. The molecule has 2 rings (SSSR count). The minimum atomic E-state index is -0.879. The maximum Gasteiger partial charge on any atom is 0.329 e. The fourth-order valence-corrected chi connectivity index (χ4v) is 2.91. The van der Waals surface area contributed by atoms with E-state index in [-0.39, 0.29) is 12.2 Å². The van der Waals surface area contributed by atoms with Crippen LogP contribution in [0.4, 0.5) is 0 Å². The Morgan fingerprint density at radius 1 is 1.44 bits per heavy atom. The lowest BCUT2D eigenvalue weighted by Crippen LogP contribution is -2.62. The Kier molecular flexibility index (Phi) is 3.50. The molecule has 1 saturated carbocycles. The van der Waals surface area contributed by atoms with Crippen LogP contribution >= 0.6 is 0 Å². The third-order valence-corrected chi connectivity index (χ3v) is 3.65. The van der Waals surface area contributed by atoms with Crippen molar-refractivity contribution in [3.8, 4) is 0 Å². The lowest BCUT2D eigenvalue weighted by atomic mass is 9.94. The average molecular weight is 227 g/mol. The van der Waals surface area contributed by atoms with Crippen molar-refractivity contribution in [1.82, 2.24) is 4.90 Å². The van der Waals surface area contributed by atoms with Crippen LogP contribution in [0.3, 0.4) is 0 Å². The molecule has 2 fully saturated rings. The third-order valence-electron chi connectivity index (χ3n) is 3.65. The van der Waals surface area contributed by atoms with Gasteiger partial charge in [-0.25, -0.2) is 4.79 Å². The normalized spacial score (nSPS) is 25.6. The van der Waals surface area contributed by atoms with Crippen LogP contribution in [-0.4, -0.2) is 47.8 Å². The van der Waals surface area contributed by atoms with Crippen LogP contribution in [0.25, 0.3) is 0 Å². The molecule has 92 valence electrons. The van der Waals surface area contributed by atoms with Gasteiger partial charge < -0.3 is 9.84 Å². The number of hydrogen-bond acceptors (Lipinski definition) is 3. The SMILES string of the molecule is CC1(OCC(=O)O)CN(CC2CCCC2)C1. The maximum absolute atomic E-state index is 10.4. The molecular weight excluding hydrogens is 206 g/mol. The van der Waals surface area contributed by atoms with Crippen LogP contribution in [0.1, 0.15) is 32.6 Å². The molecule has 4 nitrogen and oxygen atoms in total. The summed E-state index contributed by atoms with van der Waals surface area (Å²) in [4.78, 5) is 12.8. The van der Waals surface area contributed by atoms with E-state index >= 15 is 0 Å². The Bertz CT molecular complexity index is 255. The highest BCUT2D eigenvalue weighted by atomic mass is 16.5. The topological polar surface area (TPSA) is 49.8 Å². The van der Waals surface area contributed by atoms with Crippen LogP contribution in [0.5, 0.6) is 0 Å². The van der Waals surface area contributed by atoms with E-state index in [0.29, 0.717) is 0 Å². The standard InChI is InChI=1S/C12H21NO3/c1-12(16-7-11(14)15)8-13(9-12)6-10-4-2-3-5-10/h10H,2-9H2,1H3,(H,14,15). The highest BCUT2D eigenvalue weighted by Gasteiger charge is 2.40. The van der Waals surface area contributed by atoms with E-state index in [4.69, 9.17) is 9.84 Å².